The number of sulfone groups is 1. The first-order valence-electron chi connectivity index (χ1n) is 9.85. The van der Waals surface area contributed by atoms with Crippen LogP contribution in [0.3, 0.4) is 0 Å². The van der Waals surface area contributed by atoms with Crippen LogP contribution in [0.2, 0.25) is 0 Å². The highest BCUT2D eigenvalue weighted by Crippen LogP contribution is 2.20. The van der Waals surface area contributed by atoms with Gasteiger partial charge in [-0.15, -0.1) is 0 Å². The van der Waals surface area contributed by atoms with E-state index in [-0.39, 0.29) is 23.0 Å². The Bertz CT molecular complexity index is 1100. The average Bonchev–Trinajstić information content (AvgIpc) is 3.45. The molecule has 1 aromatic carbocycles. The van der Waals surface area contributed by atoms with Crippen LogP contribution in [-0.4, -0.2) is 32.4 Å². The third-order valence-electron chi connectivity index (χ3n) is 5.09. The third-order valence-corrected chi connectivity index (χ3v) is 6.77. The van der Waals surface area contributed by atoms with Crippen molar-refractivity contribution in [1.29, 1.82) is 0 Å². The fraction of sp³-hybridized carbons (Fsp3) is 0.273. The van der Waals surface area contributed by atoms with Crippen molar-refractivity contribution in [1.82, 2.24) is 10.3 Å². The molecule has 8 heteroatoms. The second-order valence-electron chi connectivity index (χ2n) is 7.25. The van der Waals surface area contributed by atoms with Crippen molar-refractivity contribution in [3.05, 3.63) is 77.9 Å². The number of carbonyl (C=O) groups excluding carboxylic acids is 1. The van der Waals surface area contributed by atoms with E-state index in [9.17, 15) is 13.2 Å². The van der Waals surface area contributed by atoms with E-state index in [1.165, 1.54) is 37.3 Å². The maximum absolute atomic E-state index is 12.6. The van der Waals surface area contributed by atoms with E-state index in [0.717, 1.165) is 24.5 Å². The molecule has 1 N–H and O–H groups in total. The molecule has 3 aromatic rings. The monoisotopic (exact) mass is 425 g/mol. The number of benzene rings is 1. The largest absolute Gasteiger partial charge is 0.459 e. The lowest BCUT2D eigenvalue weighted by molar-refractivity contribution is 0.0922. The zero-order valence-electron chi connectivity index (χ0n) is 16.5. The molecule has 156 valence electrons. The molecular formula is C22H23N3O4S. The molecule has 0 bridgehead atoms. The number of amides is 1. The third kappa shape index (κ3) is 4.54. The van der Waals surface area contributed by atoms with Crippen molar-refractivity contribution < 1.29 is 17.6 Å². The number of nitrogens with zero attached hydrogens (tertiary/aromatic N) is 2. The summed E-state index contributed by atoms with van der Waals surface area (Å²) in [7, 11) is -3.57. The Balaban J connectivity index is 1.39. The van der Waals surface area contributed by atoms with Gasteiger partial charge < -0.3 is 14.6 Å². The Labute approximate surface area is 175 Å². The zero-order chi connectivity index (χ0) is 21.0. The van der Waals surface area contributed by atoms with Gasteiger partial charge in [-0.25, -0.2) is 13.4 Å². The first-order chi connectivity index (χ1) is 14.5. The molecule has 1 saturated heterocycles. The summed E-state index contributed by atoms with van der Waals surface area (Å²) in [5, 5.41) is 2.78. The van der Waals surface area contributed by atoms with Gasteiger partial charge in [0.05, 0.1) is 16.9 Å². The molecule has 1 aliphatic rings. The number of rotatable bonds is 7. The topological polar surface area (TPSA) is 92.5 Å². The predicted octanol–water partition coefficient (Wildman–Crippen LogP) is 3.18. The smallest absolute Gasteiger partial charge is 0.287 e. The first kappa shape index (κ1) is 20.2. The van der Waals surface area contributed by atoms with Crippen molar-refractivity contribution >= 4 is 21.6 Å². The van der Waals surface area contributed by atoms with E-state index in [1.54, 1.807) is 24.4 Å². The fourth-order valence-corrected chi connectivity index (χ4v) is 4.86. The van der Waals surface area contributed by atoms with Crippen LogP contribution in [0, 0.1) is 0 Å². The standard InChI is InChI=1S/C22H23N3O4S/c26-22(24-15-17-8-9-20(23-14-17)25-11-4-5-12-25)21-18(10-13-29-21)16-30(27,28)19-6-2-1-3-7-19/h1-3,6-10,13-14H,4-5,11-12,15-16H2,(H,24,26). The van der Waals surface area contributed by atoms with Gasteiger partial charge >= 0.3 is 0 Å². The highest BCUT2D eigenvalue weighted by molar-refractivity contribution is 7.90. The molecule has 0 radical (unpaired) electrons. The Morgan fingerprint density at radius 1 is 1.07 bits per heavy atom. The van der Waals surface area contributed by atoms with Crippen molar-refractivity contribution in [3.8, 4) is 0 Å². The molecular weight excluding hydrogens is 402 g/mol. The molecule has 30 heavy (non-hydrogen) atoms. The highest BCUT2D eigenvalue weighted by Gasteiger charge is 2.22. The summed E-state index contributed by atoms with van der Waals surface area (Å²) in [6, 6.07) is 13.6. The molecule has 0 saturated carbocycles. The van der Waals surface area contributed by atoms with Gasteiger partial charge in [0.2, 0.25) is 0 Å². The van der Waals surface area contributed by atoms with Gasteiger partial charge in [0.25, 0.3) is 5.91 Å². The molecule has 0 spiro atoms. The van der Waals surface area contributed by atoms with Crippen LogP contribution in [0.4, 0.5) is 5.82 Å². The fourth-order valence-electron chi connectivity index (χ4n) is 3.48. The second kappa shape index (κ2) is 8.71. The van der Waals surface area contributed by atoms with Crippen LogP contribution in [0.25, 0.3) is 0 Å². The Hall–Kier alpha value is -3.13. The van der Waals surface area contributed by atoms with Crippen LogP contribution in [0.1, 0.15) is 34.5 Å². The quantitative estimate of drug-likeness (QED) is 0.625. The summed E-state index contributed by atoms with van der Waals surface area (Å²) in [5.74, 6) is 0.197. The van der Waals surface area contributed by atoms with E-state index >= 15 is 0 Å². The molecule has 3 heterocycles. The first-order valence-corrected chi connectivity index (χ1v) is 11.5. The molecule has 7 nitrogen and oxygen atoms in total. The second-order valence-corrected chi connectivity index (χ2v) is 9.24. The van der Waals surface area contributed by atoms with Gasteiger partial charge in [0, 0.05) is 31.4 Å². The number of nitrogens with one attached hydrogen (secondary N) is 1. The van der Waals surface area contributed by atoms with E-state index in [4.69, 9.17) is 4.42 Å². The average molecular weight is 426 g/mol. The summed E-state index contributed by atoms with van der Waals surface area (Å²) in [5.41, 5.74) is 1.19. The molecule has 1 amide bonds. The summed E-state index contributed by atoms with van der Waals surface area (Å²) in [4.78, 5) is 19.5. The predicted molar refractivity (Wildman–Crippen MR) is 113 cm³/mol. The van der Waals surface area contributed by atoms with E-state index in [1.807, 2.05) is 12.1 Å². The van der Waals surface area contributed by atoms with Gasteiger partial charge in [-0.3, -0.25) is 4.79 Å². The van der Waals surface area contributed by atoms with Crippen molar-refractivity contribution in [3.63, 3.8) is 0 Å². The molecule has 0 atom stereocenters. The van der Waals surface area contributed by atoms with Gasteiger partial charge in [0.15, 0.2) is 15.6 Å². The molecule has 2 aromatic heterocycles. The maximum atomic E-state index is 12.6. The zero-order valence-corrected chi connectivity index (χ0v) is 17.3. The van der Waals surface area contributed by atoms with Crippen molar-refractivity contribution in [2.45, 2.75) is 30.0 Å². The summed E-state index contributed by atoms with van der Waals surface area (Å²) in [6.07, 6.45) is 5.45. The van der Waals surface area contributed by atoms with Crippen LogP contribution in [0.15, 0.2) is 70.3 Å². The molecule has 4 rings (SSSR count). The lowest BCUT2D eigenvalue weighted by atomic mass is 10.2. The molecule has 1 fully saturated rings. The lowest BCUT2D eigenvalue weighted by Crippen LogP contribution is -2.24. The number of pyridine rings is 1. The number of carbonyl (C=O) groups is 1. The summed E-state index contributed by atoms with van der Waals surface area (Å²) < 4.78 is 30.5. The number of aromatic nitrogens is 1. The normalized spacial score (nSPS) is 14.1. The minimum absolute atomic E-state index is 0.0103. The number of hydrogen-bond donors (Lipinski definition) is 1. The molecule has 1 aliphatic heterocycles. The highest BCUT2D eigenvalue weighted by atomic mass is 32.2. The summed E-state index contributed by atoms with van der Waals surface area (Å²) >= 11 is 0. The van der Waals surface area contributed by atoms with Crippen LogP contribution in [0.5, 0.6) is 0 Å². The number of anilines is 1. The van der Waals surface area contributed by atoms with Gasteiger partial charge in [-0.2, -0.15) is 0 Å². The molecule has 0 unspecified atom stereocenters. The van der Waals surface area contributed by atoms with Crippen LogP contribution < -0.4 is 10.2 Å². The Morgan fingerprint density at radius 3 is 2.53 bits per heavy atom. The van der Waals surface area contributed by atoms with Crippen LogP contribution in [-0.2, 0) is 22.1 Å². The van der Waals surface area contributed by atoms with Crippen molar-refractivity contribution in [2.75, 3.05) is 18.0 Å². The summed E-state index contributed by atoms with van der Waals surface area (Å²) in [6.45, 7) is 2.32. The number of hydrogen-bond acceptors (Lipinski definition) is 6. The van der Waals surface area contributed by atoms with E-state index in [2.05, 4.69) is 15.2 Å². The Kier molecular flexibility index (Phi) is 5.85. The van der Waals surface area contributed by atoms with E-state index in [0.29, 0.717) is 5.56 Å². The minimum Gasteiger partial charge on any atom is -0.459 e. The minimum atomic E-state index is -3.57. The van der Waals surface area contributed by atoms with Crippen molar-refractivity contribution in [2.24, 2.45) is 0 Å². The van der Waals surface area contributed by atoms with Gasteiger partial charge in [-0.1, -0.05) is 24.3 Å². The SMILES string of the molecule is O=C(NCc1ccc(N2CCCC2)nc1)c1occc1CS(=O)(=O)c1ccccc1. The van der Waals surface area contributed by atoms with Gasteiger partial charge in [-0.05, 0) is 42.7 Å². The van der Waals surface area contributed by atoms with Crippen LogP contribution >= 0.6 is 0 Å². The Morgan fingerprint density at radius 2 is 1.83 bits per heavy atom. The van der Waals surface area contributed by atoms with Gasteiger partial charge in [0.1, 0.15) is 5.82 Å². The maximum Gasteiger partial charge on any atom is 0.287 e. The lowest BCUT2D eigenvalue weighted by Gasteiger charge is -2.16. The number of furan rings is 1. The molecule has 0 aliphatic carbocycles. The van der Waals surface area contributed by atoms with E-state index < -0.39 is 15.7 Å².